The van der Waals surface area contributed by atoms with Gasteiger partial charge in [-0.2, -0.15) is 11.3 Å². The van der Waals surface area contributed by atoms with Gasteiger partial charge in [0, 0.05) is 26.2 Å². The van der Waals surface area contributed by atoms with Gasteiger partial charge in [-0.05, 0) is 22.4 Å². The van der Waals surface area contributed by atoms with E-state index in [1.54, 1.807) is 18.4 Å². The van der Waals surface area contributed by atoms with Gasteiger partial charge in [0.1, 0.15) is 0 Å². The Labute approximate surface area is 108 Å². The van der Waals surface area contributed by atoms with Crippen molar-refractivity contribution in [3.63, 3.8) is 0 Å². The molecule has 1 aromatic heterocycles. The van der Waals surface area contributed by atoms with Gasteiger partial charge in [0.25, 0.3) is 0 Å². The Kier molecular flexibility index (Phi) is 5.58. The molecule has 1 heterocycles. The second-order valence-electron chi connectivity index (χ2n) is 4.31. The first kappa shape index (κ1) is 14.6. The predicted octanol–water partition coefficient (Wildman–Crippen LogP) is 1.51. The lowest BCUT2D eigenvalue weighted by Gasteiger charge is -2.17. The molecule has 6 heteroatoms. The highest BCUT2D eigenvalue weighted by molar-refractivity contribution is 7.89. The molecule has 0 fully saturated rings. The highest BCUT2D eigenvalue weighted by Crippen LogP contribution is 2.10. The standard InChI is InChI=1S/C11H20N2O2S2/c1-10(2)12-5-7-17(14,15)13(3)8-11-4-6-16-9-11/h4,6,9-10,12H,5,7-8H2,1-3H3. The van der Waals surface area contributed by atoms with Crippen LogP contribution >= 0.6 is 11.3 Å². The molecule has 0 amide bonds. The van der Waals surface area contributed by atoms with Gasteiger partial charge in [0.15, 0.2) is 0 Å². The minimum absolute atomic E-state index is 0.145. The van der Waals surface area contributed by atoms with Crippen molar-refractivity contribution in [1.29, 1.82) is 0 Å². The maximum Gasteiger partial charge on any atom is 0.215 e. The molecule has 0 saturated heterocycles. The Morgan fingerprint density at radius 1 is 1.47 bits per heavy atom. The van der Waals surface area contributed by atoms with Crippen molar-refractivity contribution in [2.45, 2.75) is 26.4 Å². The Balaban J connectivity index is 2.46. The van der Waals surface area contributed by atoms with Crippen LogP contribution in [0.5, 0.6) is 0 Å². The third-order valence-electron chi connectivity index (χ3n) is 2.37. The fourth-order valence-electron chi connectivity index (χ4n) is 1.37. The van der Waals surface area contributed by atoms with E-state index in [-0.39, 0.29) is 5.75 Å². The second-order valence-corrected chi connectivity index (χ2v) is 7.29. The number of hydrogen-bond acceptors (Lipinski definition) is 4. The highest BCUT2D eigenvalue weighted by atomic mass is 32.2. The summed E-state index contributed by atoms with van der Waals surface area (Å²) in [5, 5.41) is 7.04. The van der Waals surface area contributed by atoms with Crippen molar-refractivity contribution in [3.05, 3.63) is 22.4 Å². The van der Waals surface area contributed by atoms with Gasteiger partial charge < -0.3 is 5.32 Å². The molecule has 0 aromatic carbocycles. The van der Waals surface area contributed by atoms with Gasteiger partial charge in [-0.1, -0.05) is 13.8 Å². The molecule has 1 N–H and O–H groups in total. The zero-order valence-electron chi connectivity index (χ0n) is 10.5. The van der Waals surface area contributed by atoms with E-state index in [0.29, 0.717) is 19.1 Å². The molecule has 4 nitrogen and oxygen atoms in total. The molecule has 0 atom stereocenters. The fraction of sp³-hybridized carbons (Fsp3) is 0.636. The van der Waals surface area contributed by atoms with Crippen molar-refractivity contribution in [1.82, 2.24) is 9.62 Å². The van der Waals surface area contributed by atoms with Crippen molar-refractivity contribution in [2.75, 3.05) is 19.3 Å². The molecule has 0 spiro atoms. The summed E-state index contributed by atoms with van der Waals surface area (Å²) in [6, 6.07) is 2.26. The summed E-state index contributed by atoms with van der Waals surface area (Å²) in [6.07, 6.45) is 0. The van der Waals surface area contributed by atoms with Crippen LogP contribution in [-0.4, -0.2) is 38.1 Å². The normalized spacial score (nSPS) is 12.5. The summed E-state index contributed by atoms with van der Waals surface area (Å²) in [7, 11) is -1.53. The van der Waals surface area contributed by atoms with Gasteiger partial charge in [-0.3, -0.25) is 0 Å². The number of nitrogens with zero attached hydrogens (tertiary/aromatic N) is 1. The van der Waals surface area contributed by atoms with E-state index in [2.05, 4.69) is 5.32 Å². The van der Waals surface area contributed by atoms with Crippen LogP contribution in [0.2, 0.25) is 0 Å². The largest absolute Gasteiger partial charge is 0.313 e. The minimum Gasteiger partial charge on any atom is -0.313 e. The van der Waals surface area contributed by atoms with Crippen LogP contribution in [-0.2, 0) is 16.6 Å². The molecule has 0 aliphatic rings. The summed E-state index contributed by atoms with van der Waals surface area (Å²) in [5.74, 6) is 0.145. The van der Waals surface area contributed by atoms with Crippen LogP contribution in [0, 0.1) is 0 Å². The van der Waals surface area contributed by atoms with Crippen LogP contribution in [0.15, 0.2) is 16.8 Å². The lowest BCUT2D eigenvalue weighted by atomic mass is 10.3. The molecule has 1 aromatic rings. The summed E-state index contributed by atoms with van der Waals surface area (Å²) >= 11 is 1.58. The van der Waals surface area contributed by atoms with E-state index < -0.39 is 10.0 Å². The van der Waals surface area contributed by atoms with Crippen LogP contribution in [0.25, 0.3) is 0 Å². The molecule has 0 radical (unpaired) electrons. The van der Waals surface area contributed by atoms with Gasteiger partial charge >= 0.3 is 0 Å². The lowest BCUT2D eigenvalue weighted by molar-refractivity contribution is 0.464. The number of thiophene rings is 1. The molecule has 0 saturated carbocycles. The van der Waals surface area contributed by atoms with E-state index in [9.17, 15) is 8.42 Å². The SMILES string of the molecule is CC(C)NCCS(=O)(=O)N(C)Cc1ccsc1. The molecule has 0 bridgehead atoms. The Hall–Kier alpha value is -0.430. The van der Waals surface area contributed by atoms with Crippen molar-refractivity contribution in [2.24, 2.45) is 0 Å². The monoisotopic (exact) mass is 276 g/mol. The second kappa shape index (κ2) is 6.49. The molecule has 1 rings (SSSR count). The molecule has 0 unspecified atom stereocenters. The van der Waals surface area contributed by atoms with Gasteiger partial charge in [0.2, 0.25) is 10.0 Å². The average molecular weight is 276 g/mol. The molecular formula is C11H20N2O2S2. The number of rotatable bonds is 7. The fourth-order valence-corrected chi connectivity index (χ4v) is 3.06. The number of nitrogens with one attached hydrogen (secondary N) is 1. The van der Waals surface area contributed by atoms with Crippen LogP contribution in [0.1, 0.15) is 19.4 Å². The molecule has 17 heavy (non-hydrogen) atoms. The van der Waals surface area contributed by atoms with E-state index in [4.69, 9.17) is 0 Å². The average Bonchev–Trinajstić information content (AvgIpc) is 2.69. The Bertz CT molecular complexity index is 413. The summed E-state index contributed by atoms with van der Waals surface area (Å²) in [4.78, 5) is 0. The predicted molar refractivity (Wildman–Crippen MR) is 72.7 cm³/mol. The number of sulfonamides is 1. The highest BCUT2D eigenvalue weighted by Gasteiger charge is 2.17. The first-order valence-electron chi connectivity index (χ1n) is 5.60. The van der Waals surface area contributed by atoms with Gasteiger partial charge in [0.05, 0.1) is 5.75 Å². The maximum atomic E-state index is 11.9. The minimum atomic E-state index is -3.16. The zero-order valence-corrected chi connectivity index (χ0v) is 12.1. The van der Waals surface area contributed by atoms with Gasteiger partial charge in [-0.25, -0.2) is 12.7 Å². The smallest absolute Gasteiger partial charge is 0.215 e. The molecular weight excluding hydrogens is 256 g/mol. The molecule has 98 valence electrons. The zero-order chi connectivity index (χ0) is 12.9. The van der Waals surface area contributed by atoms with Crippen molar-refractivity contribution < 1.29 is 8.42 Å². The third-order valence-corrected chi connectivity index (χ3v) is 4.90. The van der Waals surface area contributed by atoms with Gasteiger partial charge in [-0.15, -0.1) is 0 Å². The lowest BCUT2D eigenvalue weighted by Crippen LogP contribution is -2.35. The quantitative estimate of drug-likeness (QED) is 0.821. The molecule has 0 aliphatic heterocycles. The third kappa shape index (κ3) is 5.16. The summed E-state index contributed by atoms with van der Waals surface area (Å²) < 4.78 is 25.3. The Morgan fingerprint density at radius 3 is 2.71 bits per heavy atom. The van der Waals surface area contributed by atoms with Crippen LogP contribution in [0.4, 0.5) is 0 Å². The van der Waals surface area contributed by atoms with E-state index >= 15 is 0 Å². The summed E-state index contributed by atoms with van der Waals surface area (Å²) in [5.41, 5.74) is 1.04. The topological polar surface area (TPSA) is 49.4 Å². The number of hydrogen-bond donors (Lipinski definition) is 1. The Morgan fingerprint density at radius 2 is 2.18 bits per heavy atom. The summed E-state index contributed by atoms with van der Waals surface area (Å²) in [6.45, 7) is 4.95. The maximum absolute atomic E-state index is 11.9. The van der Waals surface area contributed by atoms with Crippen molar-refractivity contribution in [3.8, 4) is 0 Å². The first-order valence-corrected chi connectivity index (χ1v) is 8.15. The van der Waals surface area contributed by atoms with Crippen LogP contribution in [0.3, 0.4) is 0 Å². The van der Waals surface area contributed by atoms with E-state index in [0.717, 1.165) is 5.56 Å². The van der Waals surface area contributed by atoms with Crippen molar-refractivity contribution >= 4 is 21.4 Å². The first-order chi connectivity index (χ1) is 7.92. The van der Waals surface area contributed by atoms with E-state index in [1.165, 1.54) is 4.31 Å². The van der Waals surface area contributed by atoms with Crippen LogP contribution < -0.4 is 5.32 Å². The van der Waals surface area contributed by atoms with E-state index in [1.807, 2.05) is 30.7 Å². The molecule has 0 aliphatic carbocycles.